The normalized spacial score (nSPS) is 22.3. The van der Waals surface area contributed by atoms with Crippen molar-refractivity contribution >= 4 is 0 Å². The van der Waals surface area contributed by atoms with Crippen LogP contribution in [0.1, 0.15) is 33.1 Å². The zero-order valence-corrected chi connectivity index (χ0v) is 12.6. The first-order valence-electron chi connectivity index (χ1n) is 7.24. The van der Waals surface area contributed by atoms with Gasteiger partial charge in [0, 0.05) is 31.8 Å². The molecule has 1 atom stereocenters. The SMILES string of the molecule is CCC(C)N(CCOC)C1(CN)CCN(C)CC1. The molecule has 0 aromatic heterocycles. The van der Waals surface area contributed by atoms with E-state index in [2.05, 4.69) is 30.7 Å². The molecule has 1 saturated heterocycles. The van der Waals surface area contributed by atoms with Crippen molar-refractivity contribution in [2.45, 2.75) is 44.7 Å². The van der Waals surface area contributed by atoms with Gasteiger partial charge in [0.05, 0.1) is 6.61 Å². The summed E-state index contributed by atoms with van der Waals surface area (Å²) in [5.74, 6) is 0. The average molecular weight is 257 g/mol. The molecule has 108 valence electrons. The Balaban J connectivity index is 2.78. The lowest BCUT2D eigenvalue weighted by molar-refractivity contribution is -0.00983. The van der Waals surface area contributed by atoms with Gasteiger partial charge < -0.3 is 15.4 Å². The quantitative estimate of drug-likeness (QED) is 0.743. The Morgan fingerprint density at radius 2 is 2.00 bits per heavy atom. The van der Waals surface area contributed by atoms with Crippen LogP contribution >= 0.6 is 0 Å². The molecule has 1 fully saturated rings. The molecule has 4 nitrogen and oxygen atoms in total. The van der Waals surface area contributed by atoms with E-state index >= 15 is 0 Å². The van der Waals surface area contributed by atoms with Gasteiger partial charge in [-0.25, -0.2) is 0 Å². The molecule has 0 amide bonds. The first kappa shape index (κ1) is 15.9. The predicted octanol–water partition coefficient (Wildman–Crippen LogP) is 1.16. The first-order chi connectivity index (χ1) is 8.59. The van der Waals surface area contributed by atoms with Gasteiger partial charge in [-0.2, -0.15) is 0 Å². The number of nitrogens with zero attached hydrogens (tertiary/aromatic N) is 2. The fraction of sp³-hybridized carbons (Fsp3) is 1.00. The highest BCUT2D eigenvalue weighted by molar-refractivity contribution is 4.97. The highest BCUT2D eigenvalue weighted by atomic mass is 16.5. The minimum atomic E-state index is 0.181. The van der Waals surface area contributed by atoms with Crippen LogP contribution < -0.4 is 5.73 Å². The first-order valence-corrected chi connectivity index (χ1v) is 7.24. The van der Waals surface area contributed by atoms with Crippen LogP contribution in [0.25, 0.3) is 0 Å². The Bertz CT molecular complexity index is 227. The summed E-state index contributed by atoms with van der Waals surface area (Å²) < 4.78 is 5.28. The van der Waals surface area contributed by atoms with Gasteiger partial charge in [0.2, 0.25) is 0 Å². The van der Waals surface area contributed by atoms with Gasteiger partial charge in [-0.05, 0) is 46.3 Å². The molecule has 0 aromatic carbocycles. The predicted molar refractivity (Wildman–Crippen MR) is 76.9 cm³/mol. The number of hydrogen-bond acceptors (Lipinski definition) is 4. The van der Waals surface area contributed by atoms with E-state index < -0.39 is 0 Å². The molecule has 0 radical (unpaired) electrons. The summed E-state index contributed by atoms with van der Waals surface area (Å²) in [6.07, 6.45) is 3.52. The van der Waals surface area contributed by atoms with Crippen LogP contribution in [0.3, 0.4) is 0 Å². The Labute approximate surface area is 112 Å². The molecule has 0 bridgehead atoms. The van der Waals surface area contributed by atoms with Crippen LogP contribution in [0.2, 0.25) is 0 Å². The fourth-order valence-corrected chi connectivity index (χ4v) is 2.98. The molecular formula is C14H31N3O. The molecule has 0 saturated carbocycles. The Kier molecular flexibility index (Phi) is 6.57. The monoisotopic (exact) mass is 257 g/mol. The second-order valence-corrected chi connectivity index (χ2v) is 5.68. The zero-order valence-electron chi connectivity index (χ0n) is 12.6. The van der Waals surface area contributed by atoms with Gasteiger partial charge in [-0.3, -0.25) is 4.90 Å². The summed E-state index contributed by atoms with van der Waals surface area (Å²) in [7, 11) is 3.97. The summed E-state index contributed by atoms with van der Waals surface area (Å²) in [5.41, 5.74) is 6.33. The smallest absolute Gasteiger partial charge is 0.0590 e. The van der Waals surface area contributed by atoms with Gasteiger partial charge in [-0.15, -0.1) is 0 Å². The summed E-state index contributed by atoms with van der Waals surface area (Å²) in [4.78, 5) is 5.00. The Hall–Kier alpha value is -0.160. The van der Waals surface area contributed by atoms with E-state index in [1.807, 2.05) is 0 Å². The van der Waals surface area contributed by atoms with E-state index in [-0.39, 0.29) is 5.54 Å². The Morgan fingerprint density at radius 3 is 2.44 bits per heavy atom. The lowest BCUT2D eigenvalue weighted by atomic mass is 9.84. The molecule has 1 aliphatic rings. The molecule has 0 spiro atoms. The Morgan fingerprint density at radius 1 is 1.39 bits per heavy atom. The van der Waals surface area contributed by atoms with Crippen molar-refractivity contribution in [3.8, 4) is 0 Å². The third kappa shape index (κ3) is 3.67. The largest absolute Gasteiger partial charge is 0.383 e. The fourth-order valence-electron chi connectivity index (χ4n) is 2.98. The lowest BCUT2D eigenvalue weighted by Gasteiger charge is -2.50. The van der Waals surface area contributed by atoms with Crippen LogP contribution in [-0.2, 0) is 4.74 Å². The van der Waals surface area contributed by atoms with Crippen LogP contribution in [0.15, 0.2) is 0 Å². The van der Waals surface area contributed by atoms with Crippen molar-refractivity contribution in [3.05, 3.63) is 0 Å². The molecule has 1 aliphatic heterocycles. The molecule has 18 heavy (non-hydrogen) atoms. The molecule has 0 aromatic rings. The topological polar surface area (TPSA) is 41.7 Å². The summed E-state index contributed by atoms with van der Waals surface area (Å²) in [6, 6.07) is 0.576. The lowest BCUT2D eigenvalue weighted by Crippen LogP contribution is -2.62. The maximum absolute atomic E-state index is 6.15. The van der Waals surface area contributed by atoms with Crippen LogP contribution in [-0.4, -0.2) is 68.3 Å². The number of piperidine rings is 1. The highest BCUT2D eigenvalue weighted by Gasteiger charge is 2.39. The van der Waals surface area contributed by atoms with Crippen molar-refractivity contribution in [3.63, 3.8) is 0 Å². The molecular weight excluding hydrogens is 226 g/mol. The second kappa shape index (κ2) is 7.43. The van der Waals surface area contributed by atoms with Gasteiger partial charge in [0.1, 0.15) is 0 Å². The van der Waals surface area contributed by atoms with Crippen LogP contribution in [0, 0.1) is 0 Å². The third-order valence-electron chi connectivity index (χ3n) is 4.57. The summed E-state index contributed by atoms with van der Waals surface area (Å²) >= 11 is 0. The molecule has 0 aliphatic carbocycles. The molecule has 4 heteroatoms. The summed E-state index contributed by atoms with van der Waals surface area (Å²) in [6.45, 7) is 9.41. The maximum Gasteiger partial charge on any atom is 0.0590 e. The van der Waals surface area contributed by atoms with Gasteiger partial charge in [0.25, 0.3) is 0 Å². The maximum atomic E-state index is 6.15. The van der Waals surface area contributed by atoms with E-state index in [4.69, 9.17) is 10.5 Å². The van der Waals surface area contributed by atoms with Crippen molar-refractivity contribution in [1.82, 2.24) is 9.80 Å². The molecule has 2 N–H and O–H groups in total. The van der Waals surface area contributed by atoms with Crippen LogP contribution in [0.5, 0.6) is 0 Å². The number of likely N-dealkylation sites (tertiary alicyclic amines) is 1. The van der Waals surface area contributed by atoms with E-state index in [1.165, 1.54) is 19.3 Å². The standard InChI is InChI=1S/C14H31N3O/c1-5-13(2)17(10-11-18-4)14(12-15)6-8-16(3)9-7-14/h13H,5-12,15H2,1-4H3. The van der Waals surface area contributed by atoms with Crippen molar-refractivity contribution in [2.24, 2.45) is 5.73 Å². The summed E-state index contributed by atoms with van der Waals surface area (Å²) in [5, 5.41) is 0. The van der Waals surface area contributed by atoms with E-state index in [0.29, 0.717) is 6.04 Å². The number of rotatable bonds is 7. The minimum absolute atomic E-state index is 0.181. The highest BCUT2D eigenvalue weighted by Crippen LogP contribution is 2.30. The molecule has 1 unspecified atom stereocenters. The van der Waals surface area contributed by atoms with Gasteiger partial charge >= 0.3 is 0 Å². The zero-order chi connectivity index (χ0) is 13.6. The van der Waals surface area contributed by atoms with Gasteiger partial charge in [0.15, 0.2) is 0 Å². The number of hydrogen-bond donors (Lipinski definition) is 1. The van der Waals surface area contributed by atoms with Crippen LogP contribution in [0.4, 0.5) is 0 Å². The van der Waals surface area contributed by atoms with Crippen molar-refractivity contribution in [1.29, 1.82) is 0 Å². The van der Waals surface area contributed by atoms with Gasteiger partial charge in [-0.1, -0.05) is 6.92 Å². The van der Waals surface area contributed by atoms with Crippen molar-refractivity contribution < 1.29 is 4.74 Å². The number of methoxy groups -OCH3 is 1. The number of ether oxygens (including phenoxy) is 1. The minimum Gasteiger partial charge on any atom is -0.383 e. The molecule has 1 rings (SSSR count). The van der Waals surface area contributed by atoms with E-state index in [1.54, 1.807) is 7.11 Å². The third-order valence-corrected chi connectivity index (χ3v) is 4.57. The van der Waals surface area contributed by atoms with E-state index in [0.717, 1.165) is 32.8 Å². The molecule has 1 heterocycles. The van der Waals surface area contributed by atoms with Crippen molar-refractivity contribution in [2.75, 3.05) is 46.9 Å². The number of nitrogens with two attached hydrogens (primary N) is 1. The average Bonchev–Trinajstić information content (AvgIpc) is 2.41. The second-order valence-electron chi connectivity index (χ2n) is 5.68. The van der Waals surface area contributed by atoms with E-state index in [9.17, 15) is 0 Å².